The van der Waals surface area contributed by atoms with Gasteiger partial charge in [-0.3, -0.25) is 9.59 Å². The van der Waals surface area contributed by atoms with Gasteiger partial charge in [-0.2, -0.15) is 13.2 Å². The normalized spacial score (nSPS) is 11.5. The van der Waals surface area contributed by atoms with E-state index in [1.165, 1.54) is 23.5 Å². The zero-order valence-corrected chi connectivity index (χ0v) is 13.4. The molecule has 0 aliphatic heterocycles. The molecule has 1 N–H and O–H groups in total. The van der Waals surface area contributed by atoms with Crippen molar-refractivity contribution in [3.8, 4) is 0 Å². The van der Waals surface area contributed by atoms with Crippen molar-refractivity contribution in [2.24, 2.45) is 0 Å². The summed E-state index contributed by atoms with van der Waals surface area (Å²) in [7, 11) is 0. The number of nitrogens with zero attached hydrogens (tertiary/aromatic N) is 1. The highest BCUT2D eigenvalue weighted by Crippen LogP contribution is 2.34. The molecular formula is C17H11F3N2O2S. The maximum atomic E-state index is 12.9. The van der Waals surface area contributed by atoms with Crippen LogP contribution < -0.4 is 5.32 Å². The standard InChI is InChI=1S/C17H11F3N2O2S/c18-17(19,20)10-5-1-2-6-11(10)22-16(24)13(23)9-15-21-12-7-3-4-8-14(12)25-15/h1-8H,9H2,(H,22,24). The Balaban J connectivity index is 1.74. The summed E-state index contributed by atoms with van der Waals surface area (Å²) in [4.78, 5) is 28.2. The van der Waals surface area contributed by atoms with Gasteiger partial charge >= 0.3 is 6.18 Å². The Hall–Kier alpha value is -2.74. The zero-order valence-electron chi connectivity index (χ0n) is 12.6. The Bertz CT molecular complexity index is 917. The number of nitrogens with one attached hydrogen (secondary N) is 1. The number of Topliss-reactive ketones (excluding diaryl/α,β-unsaturated/α-hetero) is 1. The number of fused-ring (bicyclic) bond motifs is 1. The molecule has 1 aromatic heterocycles. The van der Waals surface area contributed by atoms with Crippen LogP contribution in [0.3, 0.4) is 0 Å². The van der Waals surface area contributed by atoms with Crippen molar-refractivity contribution in [3.63, 3.8) is 0 Å². The number of thiazole rings is 1. The molecule has 0 saturated heterocycles. The molecule has 0 radical (unpaired) electrons. The number of carbonyl (C=O) groups is 2. The number of hydrogen-bond acceptors (Lipinski definition) is 4. The van der Waals surface area contributed by atoms with Gasteiger partial charge in [-0.05, 0) is 24.3 Å². The number of rotatable bonds is 4. The first kappa shape index (κ1) is 17.1. The molecule has 2 aromatic carbocycles. The second-order valence-electron chi connectivity index (χ2n) is 5.17. The topological polar surface area (TPSA) is 59.1 Å². The van der Waals surface area contributed by atoms with Crippen molar-refractivity contribution in [2.45, 2.75) is 12.6 Å². The average Bonchev–Trinajstić information content (AvgIpc) is 2.96. The molecule has 0 aliphatic rings. The summed E-state index contributed by atoms with van der Waals surface area (Å²) < 4.78 is 39.6. The number of carbonyl (C=O) groups excluding carboxylic acids is 2. The first-order valence-corrected chi connectivity index (χ1v) is 8.01. The second kappa shape index (κ2) is 6.64. The average molecular weight is 364 g/mol. The lowest BCUT2D eigenvalue weighted by Gasteiger charge is -2.12. The Kier molecular flexibility index (Phi) is 4.54. The van der Waals surface area contributed by atoms with Crippen molar-refractivity contribution in [1.82, 2.24) is 4.98 Å². The summed E-state index contributed by atoms with van der Waals surface area (Å²) in [5.74, 6) is -1.95. The monoisotopic (exact) mass is 364 g/mol. The molecule has 0 saturated carbocycles. The molecule has 0 fully saturated rings. The minimum Gasteiger partial charge on any atom is -0.319 e. The van der Waals surface area contributed by atoms with Gasteiger partial charge in [-0.25, -0.2) is 4.98 Å². The molecule has 0 bridgehead atoms. The van der Waals surface area contributed by atoms with E-state index < -0.39 is 29.1 Å². The number of hydrogen-bond donors (Lipinski definition) is 1. The molecule has 3 rings (SSSR count). The van der Waals surface area contributed by atoms with E-state index in [1.807, 2.05) is 17.4 Å². The van der Waals surface area contributed by atoms with E-state index in [1.54, 1.807) is 12.1 Å². The molecule has 0 atom stereocenters. The summed E-state index contributed by atoms with van der Waals surface area (Å²) in [6.07, 6.45) is -4.89. The molecule has 25 heavy (non-hydrogen) atoms. The third-order valence-corrected chi connectivity index (χ3v) is 4.42. The molecule has 3 aromatic rings. The number of halogens is 3. The fraction of sp³-hybridized carbons (Fsp3) is 0.118. The molecule has 1 heterocycles. The predicted molar refractivity (Wildman–Crippen MR) is 88.4 cm³/mol. The number of benzene rings is 2. The number of para-hydroxylation sites is 2. The third kappa shape index (κ3) is 3.85. The maximum Gasteiger partial charge on any atom is 0.418 e. The Labute approximate surface area is 144 Å². The van der Waals surface area contributed by atoms with Gasteiger partial charge in [0.25, 0.3) is 5.91 Å². The van der Waals surface area contributed by atoms with E-state index in [0.717, 1.165) is 16.8 Å². The van der Waals surface area contributed by atoms with Crippen molar-refractivity contribution in [3.05, 3.63) is 59.1 Å². The largest absolute Gasteiger partial charge is 0.418 e. The molecule has 0 aliphatic carbocycles. The van der Waals surface area contributed by atoms with Gasteiger partial charge in [0.2, 0.25) is 5.78 Å². The third-order valence-electron chi connectivity index (χ3n) is 3.38. The van der Waals surface area contributed by atoms with Gasteiger partial charge in [0.05, 0.1) is 27.9 Å². The van der Waals surface area contributed by atoms with Crippen LogP contribution in [0.2, 0.25) is 0 Å². The summed E-state index contributed by atoms with van der Waals surface area (Å²) in [5.41, 5.74) is -0.744. The number of alkyl halides is 3. The van der Waals surface area contributed by atoms with Crippen LogP contribution in [0.1, 0.15) is 10.6 Å². The zero-order chi connectivity index (χ0) is 18.0. The van der Waals surface area contributed by atoms with Gasteiger partial charge in [-0.1, -0.05) is 24.3 Å². The van der Waals surface area contributed by atoms with Crippen LogP contribution in [0.5, 0.6) is 0 Å². The van der Waals surface area contributed by atoms with Crippen molar-refractivity contribution >= 4 is 38.9 Å². The summed E-state index contributed by atoms with van der Waals surface area (Å²) in [6, 6.07) is 11.7. The van der Waals surface area contributed by atoms with Crippen LogP contribution in [0.15, 0.2) is 48.5 Å². The van der Waals surface area contributed by atoms with Gasteiger partial charge in [0.1, 0.15) is 5.01 Å². The fourth-order valence-electron chi connectivity index (χ4n) is 2.24. The number of aromatic nitrogens is 1. The smallest absolute Gasteiger partial charge is 0.319 e. The van der Waals surface area contributed by atoms with E-state index in [9.17, 15) is 22.8 Å². The summed E-state index contributed by atoms with van der Waals surface area (Å²) in [6.45, 7) is 0. The summed E-state index contributed by atoms with van der Waals surface area (Å²) in [5, 5.41) is 2.47. The first-order valence-electron chi connectivity index (χ1n) is 7.19. The molecule has 4 nitrogen and oxygen atoms in total. The van der Waals surface area contributed by atoms with Crippen LogP contribution in [0.4, 0.5) is 18.9 Å². The van der Waals surface area contributed by atoms with E-state index in [4.69, 9.17) is 0 Å². The van der Waals surface area contributed by atoms with E-state index in [2.05, 4.69) is 4.98 Å². The summed E-state index contributed by atoms with van der Waals surface area (Å²) >= 11 is 1.26. The van der Waals surface area contributed by atoms with Crippen molar-refractivity contribution in [1.29, 1.82) is 0 Å². The maximum absolute atomic E-state index is 12.9. The van der Waals surface area contributed by atoms with Crippen molar-refractivity contribution < 1.29 is 22.8 Å². The highest BCUT2D eigenvalue weighted by Gasteiger charge is 2.34. The van der Waals surface area contributed by atoms with Gasteiger partial charge in [0, 0.05) is 0 Å². The highest BCUT2D eigenvalue weighted by molar-refractivity contribution is 7.18. The Morgan fingerprint density at radius 3 is 2.44 bits per heavy atom. The van der Waals surface area contributed by atoms with E-state index in [0.29, 0.717) is 10.5 Å². The predicted octanol–water partition coefficient (Wildman–Crippen LogP) is 4.07. The number of ketones is 1. The minimum atomic E-state index is -4.63. The molecule has 0 unspecified atom stereocenters. The van der Waals surface area contributed by atoms with E-state index in [-0.39, 0.29) is 6.42 Å². The van der Waals surface area contributed by atoms with Crippen LogP contribution in [0, 0.1) is 0 Å². The molecular weight excluding hydrogens is 353 g/mol. The Morgan fingerprint density at radius 1 is 1.04 bits per heavy atom. The molecule has 1 amide bonds. The van der Waals surface area contributed by atoms with Crippen molar-refractivity contribution in [2.75, 3.05) is 5.32 Å². The second-order valence-corrected chi connectivity index (χ2v) is 6.29. The van der Waals surface area contributed by atoms with Crippen LogP contribution >= 0.6 is 11.3 Å². The Morgan fingerprint density at radius 2 is 1.72 bits per heavy atom. The minimum absolute atomic E-state index is 0.265. The van der Waals surface area contributed by atoms with Gasteiger partial charge in [-0.15, -0.1) is 11.3 Å². The first-order chi connectivity index (χ1) is 11.8. The molecule has 8 heteroatoms. The van der Waals surface area contributed by atoms with Crippen LogP contribution in [0.25, 0.3) is 10.2 Å². The molecule has 0 spiro atoms. The number of anilines is 1. The van der Waals surface area contributed by atoms with Crippen LogP contribution in [-0.4, -0.2) is 16.7 Å². The fourth-order valence-corrected chi connectivity index (χ4v) is 3.21. The molecule has 128 valence electrons. The SMILES string of the molecule is O=C(Cc1nc2ccccc2s1)C(=O)Nc1ccccc1C(F)(F)F. The van der Waals surface area contributed by atoms with E-state index >= 15 is 0 Å². The lowest BCUT2D eigenvalue weighted by Crippen LogP contribution is -2.25. The van der Waals surface area contributed by atoms with Gasteiger partial charge in [0.15, 0.2) is 0 Å². The van der Waals surface area contributed by atoms with Gasteiger partial charge < -0.3 is 5.32 Å². The highest BCUT2D eigenvalue weighted by atomic mass is 32.1. The van der Waals surface area contributed by atoms with Crippen LogP contribution in [-0.2, 0) is 22.2 Å². The number of amides is 1. The lowest BCUT2D eigenvalue weighted by atomic mass is 10.1. The quantitative estimate of drug-likeness (QED) is 0.710. The lowest BCUT2D eigenvalue weighted by molar-refractivity contribution is -0.137.